The van der Waals surface area contributed by atoms with Crippen LogP contribution in [-0.4, -0.2) is 10.9 Å². The number of primary amides is 1. The average molecular weight is 293 g/mol. The van der Waals surface area contributed by atoms with Crippen LogP contribution in [0.1, 0.15) is 19.4 Å². The van der Waals surface area contributed by atoms with E-state index in [0.29, 0.717) is 11.3 Å². The number of amides is 1. The number of nitrogens with two attached hydrogens (primary N) is 1. The molecule has 0 aliphatic carbocycles. The molecule has 104 valence electrons. The molecule has 2 N–H and O–H groups in total. The van der Waals surface area contributed by atoms with Crippen LogP contribution in [0.25, 0.3) is 11.3 Å². The molecule has 0 aliphatic rings. The molecule has 0 saturated heterocycles. The Kier molecular flexibility index (Phi) is 3.77. The van der Waals surface area contributed by atoms with Crippen molar-refractivity contribution in [2.24, 2.45) is 5.73 Å². The summed E-state index contributed by atoms with van der Waals surface area (Å²) in [5, 5.41) is 0.260. The van der Waals surface area contributed by atoms with Crippen LogP contribution in [-0.2, 0) is 10.2 Å². The molecule has 0 radical (unpaired) electrons. The second-order valence-corrected chi connectivity index (χ2v) is 5.45. The lowest BCUT2D eigenvalue weighted by atomic mass is 9.84. The maximum Gasteiger partial charge on any atom is 0.227 e. The number of aromatic nitrogens is 1. The van der Waals surface area contributed by atoms with Gasteiger partial charge in [-0.15, -0.1) is 0 Å². The van der Waals surface area contributed by atoms with E-state index in [9.17, 15) is 9.18 Å². The van der Waals surface area contributed by atoms with Gasteiger partial charge in [-0.25, -0.2) is 9.37 Å². The largest absolute Gasteiger partial charge is 0.369 e. The van der Waals surface area contributed by atoms with E-state index in [1.165, 1.54) is 12.1 Å². The number of hydrogen-bond donors (Lipinski definition) is 1. The molecule has 2 aromatic rings. The van der Waals surface area contributed by atoms with E-state index in [-0.39, 0.29) is 11.0 Å². The van der Waals surface area contributed by atoms with Crippen molar-refractivity contribution in [1.82, 2.24) is 4.98 Å². The Morgan fingerprint density at radius 2 is 1.85 bits per heavy atom. The lowest BCUT2D eigenvalue weighted by Crippen LogP contribution is -2.35. The maximum atomic E-state index is 12.9. The minimum absolute atomic E-state index is 0.260. The minimum atomic E-state index is -0.860. The first-order chi connectivity index (χ1) is 9.30. The van der Waals surface area contributed by atoms with E-state index in [2.05, 4.69) is 4.98 Å². The fraction of sp³-hybridized carbons (Fsp3) is 0.200. The summed E-state index contributed by atoms with van der Waals surface area (Å²) in [7, 11) is 0. The zero-order valence-electron chi connectivity index (χ0n) is 11.2. The van der Waals surface area contributed by atoms with Gasteiger partial charge in [0.2, 0.25) is 5.91 Å². The highest BCUT2D eigenvalue weighted by Gasteiger charge is 2.28. The minimum Gasteiger partial charge on any atom is -0.369 e. The van der Waals surface area contributed by atoms with Crippen molar-refractivity contribution >= 4 is 17.5 Å². The van der Waals surface area contributed by atoms with Crippen molar-refractivity contribution in [3.05, 3.63) is 52.9 Å². The standard InChI is InChI=1S/C15H14ClFN2O/c1-15(2,14(18)20)10-7-12(19-13(16)8-10)9-3-5-11(17)6-4-9/h3-8H,1-2H3,(H2,18,20). The molecule has 0 fully saturated rings. The number of carbonyl (C=O) groups excluding carboxylic acids is 1. The number of rotatable bonds is 3. The Labute approximate surface area is 121 Å². The number of pyridine rings is 1. The molecule has 1 heterocycles. The van der Waals surface area contributed by atoms with E-state index in [1.54, 1.807) is 38.1 Å². The van der Waals surface area contributed by atoms with Crippen LogP contribution in [0, 0.1) is 5.82 Å². The van der Waals surface area contributed by atoms with Gasteiger partial charge in [-0.1, -0.05) is 11.6 Å². The number of halogens is 2. The van der Waals surface area contributed by atoms with Gasteiger partial charge >= 0.3 is 0 Å². The van der Waals surface area contributed by atoms with Gasteiger partial charge in [-0.2, -0.15) is 0 Å². The molecule has 0 saturated carbocycles. The van der Waals surface area contributed by atoms with E-state index in [1.807, 2.05) is 0 Å². The Morgan fingerprint density at radius 3 is 2.40 bits per heavy atom. The SMILES string of the molecule is CC(C)(C(N)=O)c1cc(Cl)nc(-c2ccc(F)cc2)c1. The number of benzene rings is 1. The third-order valence-corrected chi connectivity index (χ3v) is 3.47. The molecule has 1 aromatic heterocycles. The molecule has 0 spiro atoms. The molecule has 3 nitrogen and oxygen atoms in total. The Bertz CT molecular complexity index is 653. The van der Waals surface area contributed by atoms with E-state index in [4.69, 9.17) is 17.3 Å². The summed E-state index contributed by atoms with van der Waals surface area (Å²) in [5.74, 6) is -0.779. The van der Waals surface area contributed by atoms with Gasteiger partial charge in [0.25, 0.3) is 0 Å². The number of nitrogens with zero attached hydrogens (tertiary/aromatic N) is 1. The Balaban J connectivity index is 2.54. The summed E-state index contributed by atoms with van der Waals surface area (Å²) in [6.45, 7) is 3.44. The lowest BCUT2D eigenvalue weighted by molar-refractivity contribution is -0.122. The molecule has 1 amide bonds. The molecule has 20 heavy (non-hydrogen) atoms. The van der Waals surface area contributed by atoms with Crippen molar-refractivity contribution in [2.75, 3.05) is 0 Å². The first kappa shape index (κ1) is 14.5. The van der Waals surface area contributed by atoms with Crippen LogP contribution in [0.3, 0.4) is 0 Å². The van der Waals surface area contributed by atoms with E-state index in [0.717, 1.165) is 5.56 Å². The summed E-state index contributed by atoms with van der Waals surface area (Å²) in [6.07, 6.45) is 0. The zero-order valence-corrected chi connectivity index (χ0v) is 11.9. The van der Waals surface area contributed by atoms with Crippen LogP contribution in [0.5, 0.6) is 0 Å². The molecule has 1 aromatic carbocycles. The fourth-order valence-corrected chi connectivity index (χ4v) is 1.98. The van der Waals surface area contributed by atoms with Gasteiger partial charge in [-0.3, -0.25) is 4.79 Å². The second-order valence-electron chi connectivity index (χ2n) is 5.06. The maximum absolute atomic E-state index is 12.9. The second kappa shape index (κ2) is 5.21. The normalized spacial score (nSPS) is 11.4. The summed E-state index contributed by atoms with van der Waals surface area (Å²) in [4.78, 5) is 15.7. The third kappa shape index (κ3) is 2.80. The molecule has 0 atom stereocenters. The summed E-state index contributed by atoms with van der Waals surface area (Å²) in [5.41, 5.74) is 6.51. The van der Waals surface area contributed by atoms with E-state index >= 15 is 0 Å². The smallest absolute Gasteiger partial charge is 0.227 e. The quantitative estimate of drug-likeness (QED) is 0.883. The summed E-state index contributed by atoms with van der Waals surface area (Å²) >= 11 is 6.00. The Morgan fingerprint density at radius 1 is 1.25 bits per heavy atom. The number of carbonyl (C=O) groups is 1. The highest BCUT2D eigenvalue weighted by atomic mass is 35.5. The van der Waals surface area contributed by atoms with Gasteiger partial charge in [0.1, 0.15) is 11.0 Å². The fourth-order valence-electron chi connectivity index (χ4n) is 1.77. The molecule has 0 bridgehead atoms. The predicted molar refractivity (Wildman–Crippen MR) is 76.9 cm³/mol. The van der Waals surface area contributed by atoms with Crippen molar-refractivity contribution in [1.29, 1.82) is 0 Å². The molecular weight excluding hydrogens is 279 g/mol. The first-order valence-electron chi connectivity index (χ1n) is 6.04. The summed E-state index contributed by atoms with van der Waals surface area (Å²) in [6, 6.07) is 9.25. The van der Waals surface area contributed by atoms with Crippen LogP contribution in [0.2, 0.25) is 5.15 Å². The molecule has 5 heteroatoms. The Hall–Kier alpha value is -1.94. The average Bonchev–Trinajstić information content (AvgIpc) is 2.38. The van der Waals surface area contributed by atoms with E-state index < -0.39 is 11.3 Å². The highest BCUT2D eigenvalue weighted by Crippen LogP contribution is 2.29. The van der Waals surface area contributed by atoms with Gasteiger partial charge in [0.05, 0.1) is 11.1 Å². The van der Waals surface area contributed by atoms with Crippen LogP contribution < -0.4 is 5.73 Å². The van der Waals surface area contributed by atoms with Crippen LogP contribution in [0.15, 0.2) is 36.4 Å². The summed E-state index contributed by atoms with van der Waals surface area (Å²) < 4.78 is 12.9. The highest BCUT2D eigenvalue weighted by molar-refractivity contribution is 6.29. The van der Waals surface area contributed by atoms with Crippen LogP contribution >= 0.6 is 11.6 Å². The lowest BCUT2D eigenvalue weighted by Gasteiger charge is -2.21. The van der Waals surface area contributed by atoms with Crippen molar-refractivity contribution in [2.45, 2.75) is 19.3 Å². The molecule has 0 aliphatic heterocycles. The first-order valence-corrected chi connectivity index (χ1v) is 6.42. The van der Waals surface area contributed by atoms with Crippen LogP contribution in [0.4, 0.5) is 4.39 Å². The molecule has 0 unspecified atom stereocenters. The van der Waals surface area contributed by atoms with Gasteiger partial charge in [-0.05, 0) is 55.8 Å². The third-order valence-electron chi connectivity index (χ3n) is 3.27. The van der Waals surface area contributed by atoms with Crippen molar-refractivity contribution in [3.63, 3.8) is 0 Å². The van der Waals surface area contributed by atoms with Crippen molar-refractivity contribution in [3.8, 4) is 11.3 Å². The molecular formula is C15H14ClFN2O. The van der Waals surface area contributed by atoms with Gasteiger partial charge in [0.15, 0.2) is 0 Å². The van der Waals surface area contributed by atoms with Gasteiger partial charge in [0, 0.05) is 5.56 Å². The predicted octanol–water partition coefficient (Wildman–Crippen LogP) is 3.30. The zero-order chi connectivity index (χ0) is 14.9. The monoisotopic (exact) mass is 292 g/mol. The number of hydrogen-bond acceptors (Lipinski definition) is 2. The van der Waals surface area contributed by atoms with Gasteiger partial charge < -0.3 is 5.73 Å². The van der Waals surface area contributed by atoms with Crippen molar-refractivity contribution < 1.29 is 9.18 Å². The topological polar surface area (TPSA) is 56.0 Å². The molecule has 2 rings (SSSR count).